The Morgan fingerprint density at radius 1 is 1.56 bits per heavy atom. The molecule has 9 heavy (non-hydrogen) atoms. The summed E-state index contributed by atoms with van der Waals surface area (Å²) in [6.07, 6.45) is -0.144. The molecule has 0 aromatic rings. The van der Waals surface area contributed by atoms with E-state index in [4.69, 9.17) is 0 Å². The van der Waals surface area contributed by atoms with E-state index in [1.807, 2.05) is 6.92 Å². The Balaban J connectivity index is 2.40. The summed E-state index contributed by atoms with van der Waals surface area (Å²) in [6, 6.07) is 0. The van der Waals surface area contributed by atoms with Crippen molar-refractivity contribution in [1.82, 2.24) is 5.32 Å². The number of aliphatic hydroxyl groups excluding tert-OH is 1. The van der Waals surface area contributed by atoms with Crippen molar-refractivity contribution in [3.63, 3.8) is 0 Å². The van der Waals surface area contributed by atoms with E-state index in [1.165, 1.54) is 0 Å². The van der Waals surface area contributed by atoms with E-state index in [2.05, 4.69) is 12.2 Å². The minimum atomic E-state index is -0.144. The second-order valence-corrected chi connectivity index (χ2v) is 3.04. The van der Waals surface area contributed by atoms with Gasteiger partial charge < -0.3 is 10.4 Å². The van der Waals surface area contributed by atoms with Gasteiger partial charge in [0.2, 0.25) is 0 Å². The number of nitrogens with one attached hydrogen (secondary N) is 1. The largest absolute Gasteiger partial charge is 0.393 e. The molecule has 0 amide bonds. The normalized spacial score (nSPS) is 39.0. The highest BCUT2D eigenvalue weighted by Crippen LogP contribution is 2.18. The van der Waals surface area contributed by atoms with Crippen molar-refractivity contribution in [2.24, 2.45) is 11.8 Å². The van der Waals surface area contributed by atoms with E-state index in [-0.39, 0.29) is 6.10 Å². The molecule has 0 aromatic carbocycles. The van der Waals surface area contributed by atoms with E-state index >= 15 is 0 Å². The lowest BCUT2D eigenvalue weighted by molar-refractivity contribution is 0.115. The summed E-state index contributed by atoms with van der Waals surface area (Å²) in [5, 5.41) is 12.4. The number of hydrogen-bond donors (Lipinski definition) is 2. The second kappa shape index (κ2) is 2.67. The first-order valence-corrected chi connectivity index (χ1v) is 3.60. The lowest BCUT2D eigenvalue weighted by Gasteiger charge is -2.16. The van der Waals surface area contributed by atoms with Crippen molar-refractivity contribution in [1.29, 1.82) is 0 Å². The average Bonchev–Trinajstić information content (AvgIpc) is 2.13. The van der Waals surface area contributed by atoms with E-state index in [0.717, 1.165) is 13.1 Å². The maximum atomic E-state index is 9.18. The SMILES string of the molecule is CC(O)C1CNCC1C. The number of hydrogen-bond acceptors (Lipinski definition) is 2. The lowest BCUT2D eigenvalue weighted by atomic mass is 9.93. The van der Waals surface area contributed by atoms with Crippen LogP contribution in [0.5, 0.6) is 0 Å². The molecule has 54 valence electrons. The van der Waals surface area contributed by atoms with Gasteiger partial charge in [0.25, 0.3) is 0 Å². The van der Waals surface area contributed by atoms with E-state index in [1.54, 1.807) is 0 Å². The minimum absolute atomic E-state index is 0.144. The van der Waals surface area contributed by atoms with Gasteiger partial charge in [-0.15, -0.1) is 0 Å². The summed E-state index contributed by atoms with van der Waals surface area (Å²) in [6.45, 7) is 6.10. The zero-order chi connectivity index (χ0) is 6.85. The molecule has 3 unspecified atom stereocenters. The molecule has 0 bridgehead atoms. The lowest BCUT2D eigenvalue weighted by Crippen LogP contribution is -2.22. The van der Waals surface area contributed by atoms with Crippen molar-refractivity contribution < 1.29 is 5.11 Å². The van der Waals surface area contributed by atoms with Gasteiger partial charge in [-0.25, -0.2) is 0 Å². The first-order valence-electron chi connectivity index (χ1n) is 3.60. The van der Waals surface area contributed by atoms with Crippen LogP contribution in [0.2, 0.25) is 0 Å². The van der Waals surface area contributed by atoms with Crippen LogP contribution in [0.15, 0.2) is 0 Å². The molecule has 0 aromatic heterocycles. The van der Waals surface area contributed by atoms with Crippen LogP contribution in [0.25, 0.3) is 0 Å². The molecular weight excluding hydrogens is 114 g/mol. The van der Waals surface area contributed by atoms with Gasteiger partial charge in [-0.1, -0.05) is 6.92 Å². The topological polar surface area (TPSA) is 32.3 Å². The zero-order valence-corrected chi connectivity index (χ0v) is 6.09. The maximum Gasteiger partial charge on any atom is 0.0555 e. The van der Waals surface area contributed by atoms with Gasteiger partial charge in [-0.05, 0) is 19.4 Å². The third-order valence-electron chi connectivity index (χ3n) is 2.20. The third kappa shape index (κ3) is 1.43. The zero-order valence-electron chi connectivity index (χ0n) is 6.09. The van der Waals surface area contributed by atoms with Crippen molar-refractivity contribution >= 4 is 0 Å². The Morgan fingerprint density at radius 2 is 2.22 bits per heavy atom. The first kappa shape index (κ1) is 7.03. The predicted octanol–water partition coefficient (Wildman–Crippen LogP) is 0.223. The molecule has 0 aliphatic carbocycles. The van der Waals surface area contributed by atoms with Crippen LogP contribution < -0.4 is 5.32 Å². The smallest absolute Gasteiger partial charge is 0.0555 e. The third-order valence-corrected chi connectivity index (χ3v) is 2.20. The molecule has 3 atom stereocenters. The molecule has 1 aliphatic rings. The van der Waals surface area contributed by atoms with Crippen LogP contribution in [0.1, 0.15) is 13.8 Å². The molecule has 2 nitrogen and oxygen atoms in total. The summed E-state index contributed by atoms with van der Waals surface area (Å²) in [5.74, 6) is 1.12. The fraction of sp³-hybridized carbons (Fsp3) is 1.00. The quantitative estimate of drug-likeness (QED) is 0.531. The average molecular weight is 129 g/mol. The molecule has 2 N–H and O–H groups in total. The summed E-state index contributed by atoms with van der Waals surface area (Å²) in [4.78, 5) is 0. The highest BCUT2D eigenvalue weighted by atomic mass is 16.3. The van der Waals surface area contributed by atoms with E-state index in [0.29, 0.717) is 11.8 Å². The van der Waals surface area contributed by atoms with Gasteiger partial charge in [0.15, 0.2) is 0 Å². The molecule has 2 heteroatoms. The first-order chi connectivity index (χ1) is 4.22. The fourth-order valence-corrected chi connectivity index (χ4v) is 1.48. The molecular formula is C7H15NO. The maximum absolute atomic E-state index is 9.18. The van der Waals surface area contributed by atoms with Crippen LogP contribution in [0, 0.1) is 11.8 Å². The van der Waals surface area contributed by atoms with Gasteiger partial charge in [-0.2, -0.15) is 0 Å². The highest BCUT2D eigenvalue weighted by molar-refractivity contribution is 4.80. The predicted molar refractivity (Wildman–Crippen MR) is 37.2 cm³/mol. The Bertz CT molecular complexity index is 92.9. The van der Waals surface area contributed by atoms with E-state index in [9.17, 15) is 5.11 Å². The van der Waals surface area contributed by atoms with Crippen LogP contribution >= 0.6 is 0 Å². The van der Waals surface area contributed by atoms with Gasteiger partial charge in [-0.3, -0.25) is 0 Å². The van der Waals surface area contributed by atoms with Crippen molar-refractivity contribution in [2.75, 3.05) is 13.1 Å². The summed E-state index contributed by atoms with van der Waals surface area (Å²) in [5.41, 5.74) is 0. The van der Waals surface area contributed by atoms with Crippen molar-refractivity contribution in [2.45, 2.75) is 20.0 Å². The fourth-order valence-electron chi connectivity index (χ4n) is 1.48. The number of aliphatic hydroxyl groups is 1. The number of rotatable bonds is 1. The van der Waals surface area contributed by atoms with Crippen molar-refractivity contribution in [3.8, 4) is 0 Å². The Kier molecular flexibility index (Phi) is 2.09. The Labute approximate surface area is 56.3 Å². The van der Waals surface area contributed by atoms with E-state index < -0.39 is 0 Å². The Hall–Kier alpha value is -0.0800. The second-order valence-electron chi connectivity index (χ2n) is 3.04. The Morgan fingerprint density at radius 3 is 2.44 bits per heavy atom. The summed E-state index contributed by atoms with van der Waals surface area (Å²) in [7, 11) is 0. The highest BCUT2D eigenvalue weighted by Gasteiger charge is 2.26. The van der Waals surface area contributed by atoms with Crippen LogP contribution in [-0.2, 0) is 0 Å². The van der Waals surface area contributed by atoms with Gasteiger partial charge in [0.05, 0.1) is 6.10 Å². The van der Waals surface area contributed by atoms with Gasteiger partial charge in [0.1, 0.15) is 0 Å². The van der Waals surface area contributed by atoms with Crippen LogP contribution in [0.3, 0.4) is 0 Å². The molecule has 1 fully saturated rings. The molecule has 1 rings (SSSR count). The minimum Gasteiger partial charge on any atom is -0.393 e. The molecule has 0 saturated carbocycles. The standard InChI is InChI=1S/C7H15NO/c1-5-3-8-4-7(5)6(2)9/h5-9H,3-4H2,1-2H3. The monoisotopic (exact) mass is 129 g/mol. The molecule has 0 spiro atoms. The molecule has 1 heterocycles. The van der Waals surface area contributed by atoms with Gasteiger partial charge in [0, 0.05) is 12.5 Å². The van der Waals surface area contributed by atoms with Crippen LogP contribution in [-0.4, -0.2) is 24.3 Å². The van der Waals surface area contributed by atoms with Crippen LogP contribution in [0.4, 0.5) is 0 Å². The van der Waals surface area contributed by atoms with Crippen molar-refractivity contribution in [3.05, 3.63) is 0 Å². The van der Waals surface area contributed by atoms with Gasteiger partial charge >= 0.3 is 0 Å². The molecule has 1 aliphatic heterocycles. The summed E-state index contributed by atoms with van der Waals surface area (Å²) < 4.78 is 0. The molecule has 0 radical (unpaired) electrons. The molecule has 1 saturated heterocycles. The summed E-state index contributed by atoms with van der Waals surface area (Å²) >= 11 is 0.